The smallest absolute Gasteiger partial charge is 0.338 e. The summed E-state index contributed by atoms with van der Waals surface area (Å²) in [6.07, 6.45) is 3.96. The predicted molar refractivity (Wildman–Crippen MR) is 199 cm³/mol. The van der Waals surface area contributed by atoms with Gasteiger partial charge in [0.2, 0.25) is 0 Å². The van der Waals surface area contributed by atoms with Crippen LogP contribution in [0.2, 0.25) is 10.0 Å². The first-order chi connectivity index (χ1) is 23.7. The Hall–Kier alpha value is -4.69. The minimum absolute atomic E-state index is 0.194. The van der Waals surface area contributed by atoms with Crippen LogP contribution in [-0.4, -0.2) is 21.7 Å². The molecule has 0 saturated heterocycles. The molecule has 2 aromatic heterocycles. The van der Waals surface area contributed by atoms with Crippen LogP contribution in [0.15, 0.2) is 119 Å². The van der Waals surface area contributed by atoms with Gasteiger partial charge in [0.05, 0.1) is 28.5 Å². The number of carbonyl (C=O) groups is 1. The van der Waals surface area contributed by atoms with E-state index < -0.39 is 12.0 Å². The Morgan fingerprint density at radius 1 is 0.980 bits per heavy atom. The molecule has 4 aromatic carbocycles. The van der Waals surface area contributed by atoms with Gasteiger partial charge in [0, 0.05) is 44.8 Å². The first kappa shape index (κ1) is 32.8. The predicted octanol–water partition coefficient (Wildman–Crippen LogP) is 8.37. The molecule has 6 nitrogen and oxygen atoms in total. The van der Waals surface area contributed by atoms with Crippen molar-refractivity contribution >= 4 is 63.2 Å². The molecule has 9 heteroatoms. The first-order valence-electron chi connectivity index (χ1n) is 16.1. The number of benzene rings is 4. The minimum atomic E-state index is -0.734. The summed E-state index contributed by atoms with van der Waals surface area (Å²) in [6, 6.07) is 30.6. The number of rotatable bonds is 8. The van der Waals surface area contributed by atoms with Crippen LogP contribution in [0.3, 0.4) is 0 Å². The standard InChI is InChI=1S/C40H33Cl2N3O3S/c1-4-48-39(47)35-36(26-10-6-5-7-11-26)43-40-45(37(35)27-16-14-25(15-17-27)24(2)3)38(46)34(49-40)20-29-23-44(33-13-9-8-12-31(29)33)22-28-18-19-30(41)21-32(28)42/h5-21,23-24,37H,4,22H2,1-3H3/b34-20+. The second-order valence-corrected chi connectivity index (χ2v) is 14.1. The molecule has 0 N–H and O–H groups in total. The average molecular weight is 707 g/mol. The van der Waals surface area contributed by atoms with Crippen LogP contribution in [-0.2, 0) is 16.1 Å². The first-order valence-corrected chi connectivity index (χ1v) is 17.7. The summed E-state index contributed by atoms with van der Waals surface area (Å²) in [5, 5.41) is 2.17. The summed E-state index contributed by atoms with van der Waals surface area (Å²) in [4.78, 5) is 33.9. The summed E-state index contributed by atoms with van der Waals surface area (Å²) in [7, 11) is 0. The fourth-order valence-electron chi connectivity index (χ4n) is 6.31. The van der Waals surface area contributed by atoms with Crippen molar-refractivity contribution in [1.82, 2.24) is 9.13 Å². The quantitative estimate of drug-likeness (QED) is 0.150. The summed E-state index contributed by atoms with van der Waals surface area (Å²) in [5.74, 6) is -0.171. The third-order valence-electron chi connectivity index (χ3n) is 8.75. The zero-order chi connectivity index (χ0) is 34.2. The number of esters is 1. The monoisotopic (exact) mass is 705 g/mol. The number of hydrogen-bond acceptors (Lipinski definition) is 5. The summed E-state index contributed by atoms with van der Waals surface area (Å²) >= 11 is 14.0. The maximum Gasteiger partial charge on any atom is 0.338 e. The van der Waals surface area contributed by atoms with Crippen molar-refractivity contribution in [1.29, 1.82) is 0 Å². The molecular weight excluding hydrogens is 673 g/mol. The zero-order valence-corrected chi connectivity index (χ0v) is 29.5. The molecule has 49 heavy (non-hydrogen) atoms. The van der Waals surface area contributed by atoms with E-state index in [1.807, 2.05) is 85.1 Å². The van der Waals surface area contributed by atoms with Crippen LogP contribution >= 0.6 is 34.5 Å². The molecule has 1 atom stereocenters. The SMILES string of the molecule is CCOC(=O)C1=C(c2ccccc2)N=c2s/c(=C/c3cn(Cc4ccc(Cl)cc4Cl)c4ccccc34)c(=O)n2C1c1ccc(C(C)C)cc1. The van der Waals surface area contributed by atoms with Crippen molar-refractivity contribution in [3.63, 3.8) is 0 Å². The molecule has 0 aliphatic carbocycles. The Kier molecular flexibility index (Phi) is 9.16. The van der Waals surface area contributed by atoms with Gasteiger partial charge in [0.1, 0.15) is 0 Å². The van der Waals surface area contributed by atoms with Crippen LogP contribution in [0.5, 0.6) is 0 Å². The Labute approximate surface area is 297 Å². The van der Waals surface area contributed by atoms with Gasteiger partial charge < -0.3 is 9.30 Å². The van der Waals surface area contributed by atoms with E-state index in [2.05, 4.69) is 36.6 Å². The van der Waals surface area contributed by atoms with Gasteiger partial charge in [0.25, 0.3) is 5.56 Å². The van der Waals surface area contributed by atoms with Crippen molar-refractivity contribution in [3.05, 3.63) is 166 Å². The molecular formula is C40H33Cl2N3O3S. The number of ether oxygens (including phenoxy) is 1. The molecule has 0 amide bonds. The third kappa shape index (κ3) is 6.30. The molecule has 3 heterocycles. The highest BCUT2D eigenvalue weighted by molar-refractivity contribution is 7.07. The van der Waals surface area contributed by atoms with E-state index in [9.17, 15) is 9.59 Å². The summed E-state index contributed by atoms with van der Waals surface area (Å²) < 4.78 is 9.90. The lowest BCUT2D eigenvalue weighted by Crippen LogP contribution is -2.40. The van der Waals surface area contributed by atoms with Gasteiger partial charge in [-0.25, -0.2) is 9.79 Å². The van der Waals surface area contributed by atoms with Gasteiger partial charge in [-0.05, 0) is 53.8 Å². The Balaban J connectivity index is 1.44. The van der Waals surface area contributed by atoms with Gasteiger partial charge in [0.15, 0.2) is 4.80 Å². The minimum Gasteiger partial charge on any atom is -0.463 e. The van der Waals surface area contributed by atoms with E-state index in [1.54, 1.807) is 17.6 Å². The van der Waals surface area contributed by atoms with Crippen LogP contribution in [0.1, 0.15) is 60.5 Å². The molecule has 0 radical (unpaired) electrons. The largest absolute Gasteiger partial charge is 0.463 e. The van der Waals surface area contributed by atoms with E-state index in [-0.39, 0.29) is 12.2 Å². The van der Waals surface area contributed by atoms with E-state index in [0.29, 0.717) is 43.1 Å². The van der Waals surface area contributed by atoms with Gasteiger partial charge in [-0.15, -0.1) is 0 Å². The van der Waals surface area contributed by atoms with Crippen LogP contribution in [0, 0.1) is 0 Å². The zero-order valence-electron chi connectivity index (χ0n) is 27.2. The lowest BCUT2D eigenvalue weighted by molar-refractivity contribution is -0.138. The highest BCUT2D eigenvalue weighted by atomic mass is 35.5. The third-order valence-corrected chi connectivity index (χ3v) is 10.3. The maximum absolute atomic E-state index is 14.5. The van der Waals surface area contributed by atoms with Crippen LogP contribution < -0.4 is 14.9 Å². The summed E-state index contributed by atoms with van der Waals surface area (Å²) in [5.41, 5.74) is 6.17. The van der Waals surface area contributed by atoms with Gasteiger partial charge in [-0.3, -0.25) is 9.36 Å². The van der Waals surface area contributed by atoms with Gasteiger partial charge in [-0.2, -0.15) is 0 Å². The van der Waals surface area contributed by atoms with E-state index in [1.165, 1.54) is 11.3 Å². The number of aromatic nitrogens is 2. The lowest BCUT2D eigenvalue weighted by Gasteiger charge is -2.26. The second-order valence-electron chi connectivity index (χ2n) is 12.2. The second kappa shape index (κ2) is 13.7. The number of carbonyl (C=O) groups excluding carboxylic acids is 1. The Bertz CT molecular complexity index is 2420. The van der Waals surface area contributed by atoms with Crippen LogP contribution in [0.25, 0.3) is 22.7 Å². The highest BCUT2D eigenvalue weighted by Gasteiger charge is 2.35. The highest BCUT2D eigenvalue weighted by Crippen LogP contribution is 2.36. The number of nitrogens with zero attached hydrogens (tertiary/aromatic N) is 3. The van der Waals surface area contributed by atoms with Gasteiger partial charge in [-0.1, -0.05) is 127 Å². The number of hydrogen-bond donors (Lipinski definition) is 0. The molecule has 7 rings (SSSR count). The molecule has 1 aliphatic rings. The number of fused-ring (bicyclic) bond motifs is 2. The van der Waals surface area contributed by atoms with E-state index in [0.717, 1.165) is 38.7 Å². The fourth-order valence-corrected chi connectivity index (χ4v) is 7.77. The van der Waals surface area contributed by atoms with E-state index >= 15 is 0 Å². The Morgan fingerprint density at radius 2 is 1.71 bits per heavy atom. The summed E-state index contributed by atoms with van der Waals surface area (Å²) in [6.45, 7) is 6.77. The molecule has 0 spiro atoms. The topological polar surface area (TPSA) is 65.6 Å². The van der Waals surface area contributed by atoms with Crippen molar-refractivity contribution in [2.24, 2.45) is 4.99 Å². The number of thiazole rings is 1. The maximum atomic E-state index is 14.5. The molecule has 0 saturated carbocycles. The average Bonchev–Trinajstić information content (AvgIpc) is 3.61. The molecule has 246 valence electrons. The molecule has 1 aliphatic heterocycles. The van der Waals surface area contributed by atoms with Crippen molar-refractivity contribution in [2.75, 3.05) is 6.61 Å². The van der Waals surface area contributed by atoms with Crippen LogP contribution in [0.4, 0.5) is 0 Å². The van der Waals surface area contributed by atoms with Crippen molar-refractivity contribution in [2.45, 2.75) is 39.3 Å². The fraction of sp³-hybridized carbons (Fsp3) is 0.175. The Morgan fingerprint density at radius 3 is 2.43 bits per heavy atom. The molecule has 0 bridgehead atoms. The normalized spacial score (nSPS) is 14.7. The molecule has 6 aromatic rings. The number of halogens is 2. The van der Waals surface area contributed by atoms with E-state index in [4.69, 9.17) is 32.9 Å². The van der Waals surface area contributed by atoms with Gasteiger partial charge >= 0.3 is 5.97 Å². The molecule has 0 fully saturated rings. The van der Waals surface area contributed by atoms with Crippen molar-refractivity contribution < 1.29 is 9.53 Å². The van der Waals surface area contributed by atoms with Crippen molar-refractivity contribution in [3.8, 4) is 0 Å². The molecule has 1 unspecified atom stereocenters. The number of para-hydroxylation sites is 1. The lowest BCUT2D eigenvalue weighted by atomic mass is 9.91.